The maximum Gasteiger partial charge on any atom is 0.0661 e. The van der Waals surface area contributed by atoms with Gasteiger partial charge in [-0.3, -0.25) is 0 Å². The van der Waals surface area contributed by atoms with E-state index in [0.717, 1.165) is 35.8 Å². The molecule has 19 heavy (non-hydrogen) atoms. The predicted molar refractivity (Wildman–Crippen MR) is 84.8 cm³/mol. The minimum atomic E-state index is -0.192. The van der Waals surface area contributed by atoms with Crippen LogP contribution in [-0.2, 0) is 0 Å². The Balaban J connectivity index is 2.13. The molecule has 1 aliphatic rings. The molecule has 1 aromatic carbocycles. The highest BCUT2D eigenvalue weighted by Crippen LogP contribution is 2.41. The lowest BCUT2D eigenvalue weighted by Crippen LogP contribution is -2.46. The van der Waals surface area contributed by atoms with Gasteiger partial charge < -0.3 is 10.4 Å². The van der Waals surface area contributed by atoms with Crippen molar-refractivity contribution in [2.75, 3.05) is 11.9 Å². The zero-order valence-corrected chi connectivity index (χ0v) is 13.8. The van der Waals surface area contributed by atoms with Crippen molar-refractivity contribution in [2.45, 2.75) is 45.1 Å². The summed E-state index contributed by atoms with van der Waals surface area (Å²) in [5.41, 5.74) is 1.20. The molecule has 0 atom stereocenters. The van der Waals surface area contributed by atoms with Crippen LogP contribution in [0, 0.1) is 5.41 Å². The van der Waals surface area contributed by atoms with Crippen LogP contribution in [0.25, 0.3) is 0 Å². The summed E-state index contributed by atoms with van der Waals surface area (Å²) in [7, 11) is 0. The normalized spacial score (nSPS) is 21.1. The molecule has 0 radical (unpaired) electrons. The van der Waals surface area contributed by atoms with Gasteiger partial charge in [-0.1, -0.05) is 25.4 Å². The Bertz CT molecular complexity index is 451. The Hall–Kier alpha value is -0.250. The second-order valence-corrected chi connectivity index (χ2v) is 7.62. The maximum atomic E-state index is 9.80. The molecule has 0 amide bonds. The Kier molecular flexibility index (Phi) is 4.49. The topological polar surface area (TPSA) is 32.3 Å². The molecule has 0 aromatic heterocycles. The number of benzene rings is 1. The molecule has 1 aromatic rings. The van der Waals surface area contributed by atoms with E-state index in [1.54, 1.807) is 0 Å². The van der Waals surface area contributed by atoms with E-state index in [2.05, 4.69) is 35.1 Å². The van der Waals surface area contributed by atoms with Crippen LogP contribution < -0.4 is 5.32 Å². The van der Waals surface area contributed by atoms with E-state index in [-0.39, 0.29) is 12.1 Å². The third-order valence-electron chi connectivity index (χ3n) is 4.19. The lowest BCUT2D eigenvalue weighted by atomic mass is 9.69. The molecule has 106 valence electrons. The highest BCUT2D eigenvalue weighted by Gasteiger charge is 2.37. The number of hydrogen-bond donors (Lipinski definition) is 2. The fourth-order valence-electron chi connectivity index (χ4n) is 2.61. The van der Waals surface area contributed by atoms with Gasteiger partial charge in [0.25, 0.3) is 0 Å². The molecule has 0 unspecified atom stereocenters. The quantitative estimate of drug-likeness (QED) is 0.820. The van der Waals surface area contributed by atoms with Crippen molar-refractivity contribution in [3.8, 4) is 0 Å². The van der Waals surface area contributed by atoms with Crippen LogP contribution in [0.1, 0.15) is 39.5 Å². The van der Waals surface area contributed by atoms with Gasteiger partial charge in [-0.2, -0.15) is 0 Å². The highest BCUT2D eigenvalue weighted by atomic mass is 79.9. The second kappa shape index (κ2) is 5.63. The molecule has 0 spiro atoms. The molecule has 0 aliphatic heterocycles. The van der Waals surface area contributed by atoms with Crippen LogP contribution in [0.2, 0.25) is 5.02 Å². The SMILES string of the molecule is CC1(C)CCC(CO)(Nc2ccc(Cl)c(Br)c2)CC1. The first-order chi connectivity index (χ1) is 8.86. The zero-order valence-electron chi connectivity index (χ0n) is 11.5. The third kappa shape index (κ3) is 3.65. The van der Waals surface area contributed by atoms with Crippen LogP contribution in [0.3, 0.4) is 0 Å². The Labute approximate surface area is 128 Å². The van der Waals surface area contributed by atoms with Gasteiger partial charge in [0.05, 0.1) is 17.2 Å². The van der Waals surface area contributed by atoms with Gasteiger partial charge in [-0.15, -0.1) is 0 Å². The number of halogens is 2. The van der Waals surface area contributed by atoms with E-state index >= 15 is 0 Å². The lowest BCUT2D eigenvalue weighted by molar-refractivity contribution is 0.118. The maximum absolute atomic E-state index is 9.80. The zero-order chi connectivity index (χ0) is 14.1. The van der Waals surface area contributed by atoms with Crippen molar-refractivity contribution in [3.05, 3.63) is 27.7 Å². The van der Waals surface area contributed by atoms with E-state index < -0.39 is 0 Å². The molecule has 1 fully saturated rings. The molecule has 2 nitrogen and oxygen atoms in total. The van der Waals surface area contributed by atoms with Crippen LogP contribution in [0.5, 0.6) is 0 Å². The summed E-state index contributed by atoms with van der Waals surface area (Å²) < 4.78 is 0.878. The fourth-order valence-corrected chi connectivity index (χ4v) is 3.10. The van der Waals surface area contributed by atoms with Crippen LogP contribution in [-0.4, -0.2) is 17.3 Å². The number of aliphatic hydroxyl groups is 1. The van der Waals surface area contributed by atoms with Crippen molar-refractivity contribution < 1.29 is 5.11 Å². The average molecular weight is 347 g/mol. The molecule has 4 heteroatoms. The largest absolute Gasteiger partial charge is 0.394 e. The van der Waals surface area contributed by atoms with E-state index in [4.69, 9.17) is 11.6 Å². The second-order valence-electron chi connectivity index (χ2n) is 6.36. The molecular weight excluding hydrogens is 326 g/mol. The van der Waals surface area contributed by atoms with Crippen molar-refractivity contribution in [1.29, 1.82) is 0 Å². The first-order valence-electron chi connectivity index (χ1n) is 6.70. The highest BCUT2D eigenvalue weighted by molar-refractivity contribution is 9.10. The standard InChI is InChI=1S/C15H21BrClNO/c1-14(2)5-7-15(10-19,8-6-14)18-11-3-4-13(17)12(16)9-11/h3-4,9,18-19H,5-8,10H2,1-2H3. The lowest BCUT2D eigenvalue weighted by Gasteiger charge is -2.43. The fraction of sp³-hybridized carbons (Fsp3) is 0.600. The molecular formula is C15H21BrClNO. The average Bonchev–Trinajstić information content (AvgIpc) is 2.37. The number of hydrogen-bond acceptors (Lipinski definition) is 2. The van der Waals surface area contributed by atoms with Gasteiger partial charge in [-0.05, 0) is 65.2 Å². The summed E-state index contributed by atoms with van der Waals surface area (Å²) in [6.07, 6.45) is 4.26. The molecule has 0 bridgehead atoms. The summed E-state index contributed by atoms with van der Waals surface area (Å²) in [6.45, 7) is 4.77. The molecule has 2 N–H and O–H groups in total. The van der Waals surface area contributed by atoms with Crippen LogP contribution in [0.15, 0.2) is 22.7 Å². The Morgan fingerprint density at radius 1 is 1.26 bits per heavy atom. The van der Waals surface area contributed by atoms with E-state index in [9.17, 15) is 5.11 Å². The van der Waals surface area contributed by atoms with Crippen molar-refractivity contribution in [2.24, 2.45) is 5.41 Å². The molecule has 0 saturated heterocycles. The first-order valence-corrected chi connectivity index (χ1v) is 7.87. The van der Waals surface area contributed by atoms with Gasteiger partial charge in [0.1, 0.15) is 0 Å². The monoisotopic (exact) mass is 345 g/mol. The number of anilines is 1. The third-order valence-corrected chi connectivity index (χ3v) is 5.41. The minimum absolute atomic E-state index is 0.170. The van der Waals surface area contributed by atoms with Gasteiger partial charge in [0.15, 0.2) is 0 Å². The van der Waals surface area contributed by atoms with Crippen LogP contribution in [0.4, 0.5) is 5.69 Å². The predicted octanol–water partition coefficient (Wildman–Crippen LogP) is 4.85. The molecule has 1 aliphatic carbocycles. The summed E-state index contributed by atoms with van der Waals surface area (Å²) in [5, 5.41) is 14.0. The van der Waals surface area contributed by atoms with E-state index in [1.807, 2.05) is 18.2 Å². The summed E-state index contributed by atoms with van der Waals surface area (Å²) in [6, 6.07) is 5.80. The van der Waals surface area contributed by atoms with Gasteiger partial charge in [0.2, 0.25) is 0 Å². The summed E-state index contributed by atoms with van der Waals surface area (Å²) in [5.74, 6) is 0. The van der Waals surface area contributed by atoms with Crippen molar-refractivity contribution in [3.63, 3.8) is 0 Å². The van der Waals surface area contributed by atoms with Crippen LogP contribution >= 0.6 is 27.5 Å². The number of nitrogens with one attached hydrogen (secondary N) is 1. The number of aliphatic hydroxyl groups excluding tert-OH is 1. The van der Waals surface area contributed by atoms with Gasteiger partial charge in [-0.25, -0.2) is 0 Å². The molecule has 2 rings (SSSR count). The smallest absolute Gasteiger partial charge is 0.0661 e. The van der Waals surface area contributed by atoms with Crippen molar-refractivity contribution >= 4 is 33.2 Å². The van der Waals surface area contributed by atoms with Gasteiger partial charge >= 0.3 is 0 Å². The Morgan fingerprint density at radius 2 is 1.89 bits per heavy atom. The molecule has 0 heterocycles. The Morgan fingerprint density at radius 3 is 2.42 bits per heavy atom. The molecule has 1 saturated carbocycles. The van der Waals surface area contributed by atoms with Crippen molar-refractivity contribution in [1.82, 2.24) is 0 Å². The summed E-state index contributed by atoms with van der Waals surface area (Å²) >= 11 is 9.44. The van der Waals surface area contributed by atoms with E-state index in [0.29, 0.717) is 10.4 Å². The first kappa shape index (κ1) is 15.1. The summed E-state index contributed by atoms with van der Waals surface area (Å²) in [4.78, 5) is 0. The van der Waals surface area contributed by atoms with E-state index in [1.165, 1.54) is 0 Å². The number of rotatable bonds is 3. The van der Waals surface area contributed by atoms with Gasteiger partial charge in [0, 0.05) is 10.2 Å². The minimum Gasteiger partial charge on any atom is -0.394 e.